The van der Waals surface area contributed by atoms with E-state index in [9.17, 15) is 14.0 Å². The van der Waals surface area contributed by atoms with Gasteiger partial charge in [-0.1, -0.05) is 45.0 Å². The van der Waals surface area contributed by atoms with Crippen LogP contribution in [0.5, 0.6) is 5.75 Å². The number of rotatable bonds is 6. The summed E-state index contributed by atoms with van der Waals surface area (Å²) in [5.41, 5.74) is 1.40. The second-order valence-corrected chi connectivity index (χ2v) is 9.08. The van der Waals surface area contributed by atoms with Crippen molar-refractivity contribution in [1.29, 1.82) is 0 Å². The normalized spacial score (nSPS) is 14.9. The Morgan fingerprint density at radius 2 is 1.71 bits per heavy atom. The van der Waals surface area contributed by atoms with Gasteiger partial charge in [-0.05, 0) is 54.0 Å². The molecule has 1 N–H and O–H groups in total. The Morgan fingerprint density at radius 1 is 1.06 bits per heavy atom. The monoisotopic (exact) mass is 426 g/mol. The Balaban J connectivity index is 1.38. The lowest BCUT2D eigenvalue weighted by molar-refractivity contribution is -0.123. The fourth-order valence-corrected chi connectivity index (χ4v) is 3.65. The zero-order valence-electron chi connectivity index (χ0n) is 18.5. The van der Waals surface area contributed by atoms with Crippen LogP contribution in [0.15, 0.2) is 48.5 Å². The molecule has 1 saturated heterocycles. The quantitative estimate of drug-likeness (QED) is 0.754. The number of piperidine rings is 1. The minimum atomic E-state index is -0.491. The molecule has 0 spiro atoms. The molecule has 1 aliphatic rings. The van der Waals surface area contributed by atoms with Gasteiger partial charge in [-0.15, -0.1) is 0 Å². The molecule has 2 aromatic rings. The van der Waals surface area contributed by atoms with Crippen LogP contribution in [0.25, 0.3) is 0 Å². The first-order valence-electron chi connectivity index (χ1n) is 10.8. The highest BCUT2D eigenvalue weighted by atomic mass is 19.1. The smallest absolute Gasteiger partial charge is 0.257 e. The first-order valence-corrected chi connectivity index (χ1v) is 10.8. The van der Waals surface area contributed by atoms with E-state index in [1.54, 1.807) is 17.0 Å². The molecule has 0 saturated carbocycles. The summed E-state index contributed by atoms with van der Waals surface area (Å²) < 4.78 is 19.4. The maximum Gasteiger partial charge on any atom is 0.257 e. The summed E-state index contributed by atoms with van der Waals surface area (Å²) in [5.74, 6) is 0.0361. The Morgan fingerprint density at radius 3 is 2.32 bits per heavy atom. The third-order valence-electron chi connectivity index (χ3n) is 5.68. The van der Waals surface area contributed by atoms with Crippen LogP contribution in [0.3, 0.4) is 0 Å². The fraction of sp³-hybridized carbons (Fsp3) is 0.440. The summed E-state index contributed by atoms with van der Waals surface area (Å²) in [6.07, 6.45) is 1.55. The number of nitrogens with zero attached hydrogens (tertiary/aromatic N) is 1. The van der Waals surface area contributed by atoms with Crippen molar-refractivity contribution in [3.63, 3.8) is 0 Å². The van der Waals surface area contributed by atoms with Crippen LogP contribution >= 0.6 is 0 Å². The molecule has 2 aromatic carbocycles. The van der Waals surface area contributed by atoms with E-state index >= 15 is 0 Å². The van der Waals surface area contributed by atoms with Crippen molar-refractivity contribution in [2.45, 2.75) is 39.0 Å². The van der Waals surface area contributed by atoms with E-state index in [4.69, 9.17) is 4.74 Å². The minimum Gasteiger partial charge on any atom is -0.484 e. The average molecular weight is 427 g/mol. The van der Waals surface area contributed by atoms with E-state index in [0.717, 1.165) is 12.8 Å². The number of nitrogens with one attached hydrogen (secondary N) is 1. The molecule has 3 rings (SSSR count). The topological polar surface area (TPSA) is 58.6 Å². The van der Waals surface area contributed by atoms with Gasteiger partial charge in [0, 0.05) is 19.6 Å². The standard InChI is InChI=1S/C25H31FN2O3/c1-25(2,3)19-8-10-20(11-9-19)31-17-23(29)27-16-18-12-14-28(15-13-18)24(30)21-6-4-5-7-22(21)26/h4-11,18H,12-17H2,1-3H3,(H,27,29). The van der Waals surface area contributed by atoms with Crippen LogP contribution in [0.4, 0.5) is 4.39 Å². The Hall–Kier alpha value is -2.89. The van der Waals surface area contributed by atoms with Gasteiger partial charge in [0.15, 0.2) is 6.61 Å². The molecule has 1 aliphatic heterocycles. The van der Waals surface area contributed by atoms with Gasteiger partial charge in [-0.2, -0.15) is 0 Å². The van der Waals surface area contributed by atoms with Crippen LogP contribution in [0.2, 0.25) is 0 Å². The number of carbonyl (C=O) groups is 2. The number of hydrogen-bond acceptors (Lipinski definition) is 3. The minimum absolute atomic E-state index is 0.0283. The highest BCUT2D eigenvalue weighted by Crippen LogP contribution is 2.24. The first-order chi connectivity index (χ1) is 14.7. The average Bonchev–Trinajstić information content (AvgIpc) is 2.76. The molecule has 0 radical (unpaired) electrons. The van der Waals surface area contributed by atoms with Crippen molar-refractivity contribution in [3.05, 3.63) is 65.5 Å². The molecule has 6 heteroatoms. The van der Waals surface area contributed by atoms with Crippen molar-refractivity contribution in [3.8, 4) is 5.75 Å². The molecule has 2 amide bonds. The van der Waals surface area contributed by atoms with Crippen molar-refractivity contribution < 1.29 is 18.7 Å². The zero-order chi connectivity index (χ0) is 22.4. The number of hydrogen-bond donors (Lipinski definition) is 1. The SMILES string of the molecule is CC(C)(C)c1ccc(OCC(=O)NCC2CCN(C(=O)c3ccccc3F)CC2)cc1. The molecule has 1 fully saturated rings. The lowest BCUT2D eigenvalue weighted by Crippen LogP contribution is -2.42. The molecule has 0 aromatic heterocycles. The molecule has 0 atom stereocenters. The second kappa shape index (κ2) is 9.94. The number of carbonyl (C=O) groups excluding carboxylic acids is 2. The van der Waals surface area contributed by atoms with Gasteiger partial charge in [0.1, 0.15) is 11.6 Å². The molecule has 1 heterocycles. The fourth-order valence-electron chi connectivity index (χ4n) is 3.65. The number of amides is 2. The largest absolute Gasteiger partial charge is 0.484 e. The number of benzene rings is 2. The Bertz CT molecular complexity index is 898. The highest BCUT2D eigenvalue weighted by Gasteiger charge is 2.25. The Kier molecular flexibility index (Phi) is 7.31. The van der Waals surface area contributed by atoms with Crippen LogP contribution in [-0.2, 0) is 10.2 Å². The molecule has 31 heavy (non-hydrogen) atoms. The predicted octanol–water partition coefficient (Wildman–Crippen LogP) is 4.17. The molecular formula is C25H31FN2O3. The van der Waals surface area contributed by atoms with Crippen molar-refractivity contribution >= 4 is 11.8 Å². The van der Waals surface area contributed by atoms with E-state index in [2.05, 4.69) is 26.1 Å². The van der Waals surface area contributed by atoms with Crippen molar-refractivity contribution in [2.75, 3.05) is 26.2 Å². The summed E-state index contributed by atoms with van der Waals surface area (Å²) in [7, 11) is 0. The van der Waals surface area contributed by atoms with Crippen molar-refractivity contribution in [2.24, 2.45) is 5.92 Å². The Labute approximate surface area is 183 Å². The third kappa shape index (κ3) is 6.29. The molecule has 166 valence electrons. The number of halogens is 1. The summed E-state index contributed by atoms with van der Waals surface area (Å²) in [6.45, 7) is 8.09. The van der Waals surface area contributed by atoms with Gasteiger partial charge < -0.3 is 15.0 Å². The molecule has 0 aliphatic carbocycles. The van der Waals surface area contributed by atoms with Gasteiger partial charge >= 0.3 is 0 Å². The summed E-state index contributed by atoms with van der Waals surface area (Å²) >= 11 is 0. The molecule has 5 nitrogen and oxygen atoms in total. The van der Waals surface area contributed by atoms with E-state index in [0.29, 0.717) is 31.3 Å². The van der Waals surface area contributed by atoms with Gasteiger partial charge in [-0.3, -0.25) is 9.59 Å². The van der Waals surface area contributed by atoms with Gasteiger partial charge in [0.05, 0.1) is 5.56 Å². The van der Waals surface area contributed by atoms with Crippen LogP contribution < -0.4 is 10.1 Å². The maximum absolute atomic E-state index is 13.8. The van der Waals surface area contributed by atoms with Gasteiger partial charge in [0.2, 0.25) is 0 Å². The zero-order valence-corrected chi connectivity index (χ0v) is 18.5. The lowest BCUT2D eigenvalue weighted by Gasteiger charge is -2.32. The van der Waals surface area contributed by atoms with E-state index < -0.39 is 5.82 Å². The van der Waals surface area contributed by atoms with Crippen molar-refractivity contribution in [1.82, 2.24) is 10.2 Å². The first kappa shape index (κ1) is 22.8. The summed E-state index contributed by atoms with van der Waals surface area (Å²) in [4.78, 5) is 26.3. The highest BCUT2D eigenvalue weighted by molar-refractivity contribution is 5.94. The number of ether oxygens (including phenoxy) is 1. The van der Waals surface area contributed by atoms with Gasteiger partial charge in [-0.25, -0.2) is 4.39 Å². The predicted molar refractivity (Wildman–Crippen MR) is 119 cm³/mol. The number of likely N-dealkylation sites (tertiary alicyclic amines) is 1. The van der Waals surface area contributed by atoms with Crippen LogP contribution in [0.1, 0.15) is 49.5 Å². The maximum atomic E-state index is 13.8. The van der Waals surface area contributed by atoms with E-state index in [1.807, 2.05) is 24.3 Å². The lowest BCUT2D eigenvalue weighted by atomic mass is 9.87. The van der Waals surface area contributed by atoms with E-state index in [-0.39, 0.29) is 29.4 Å². The van der Waals surface area contributed by atoms with E-state index in [1.165, 1.54) is 17.7 Å². The van der Waals surface area contributed by atoms with Crippen LogP contribution in [-0.4, -0.2) is 43.0 Å². The molecule has 0 bridgehead atoms. The summed E-state index contributed by atoms with van der Waals surface area (Å²) in [5, 5.41) is 2.92. The molecular weight excluding hydrogens is 395 g/mol. The third-order valence-corrected chi connectivity index (χ3v) is 5.68. The summed E-state index contributed by atoms with van der Waals surface area (Å²) in [6, 6.07) is 13.9. The van der Waals surface area contributed by atoms with Gasteiger partial charge in [0.25, 0.3) is 11.8 Å². The van der Waals surface area contributed by atoms with Crippen LogP contribution in [0, 0.1) is 11.7 Å². The second-order valence-electron chi connectivity index (χ2n) is 9.08. The molecule has 0 unspecified atom stereocenters.